The Morgan fingerprint density at radius 2 is 1.62 bits per heavy atom. The van der Waals surface area contributed by atoms with Crippen molar-refractivity contribution in [3.05, 3.63) is 59.7 Å². The van der Waals surface area contributed by atoms with Gasteiger partial charge in [-0.1, -0.05) is 18.2 Å². The van der Waals surface area contributed by atoms with Crippen LogP contribution in [0.4, 0.5) is 0 Å². The van der Waals surface area contributed by atoms with Gasteiger partial charge in [-0.05, 0) is 51.1 Å². The molecule has 0 saturated carbocycles. The van der Waals surface area contributed by atoms with Gasteiger partial charge >= 0.3 is 0 Å². The summed E-state index contributed by atoms with van der Waals surface area (Å²) in [6, 6.07) is 14.6. The van der Waals surface area contributed by atoms with Crippen molar-refractivity contribution in [3.8, 4) is 11.5 Å². The van der Waals surface area contributed by atoms with Crippen LogP contribution in [0.25, 0.3) is 0 Å². The Labute approximate surface area is 142 Å². The second-order valence-corrected chi connectivity index (χ2v) is 5.03. The number of nitrogens with one attached hydrogen (secondary N) is 1. The molecule has 0 unspecified atom stereocenters. The van der Waals surface area contributed by atoms with Gasteiger partial charge in [-0.3, -0.25) is 4.79 Å². The lowest BCUT2D eigenvalue weighted by atomic mass is 10.1. The molecule has 0 spiro atoms. The third kappa shape index (κ3) is 4.59. The standard InChI is InChI=1S/C19H22N2O3/c1-4-23-17-12-11-16(13-18(17)24-5-2)14(3)20-21-19(22)15-9-7-6-8-10-15/h6-13H,4-5H2,1-3H3,(H,21,22)/b20-14-. The first kappa shape index (κ1) is 17.5. The van der Waals surface area contributed by atoms with Crippen molar-refractivity contribution in [1.82, 2.24) is 5.43 Å². The normalized spacial score (nSPS) is 11.0. The zero-order chi connectivity index (χ0) is 17.4. The predicted octanol–water partition coefficient (Wildman–Crippen LogP) is 3.64. The SMILES string of the molecule is CCOc1ccc(/C(C)=N\NC(=O)c2ccccc2)cc1OCC. The van der Waals surface area contributed by atoms with Crippen molar-refractivity contribution in [2.45, 2.75) is 20.8 Å². The van der Waals surface area contributed by atoms with E-state index in [0.717, 1.165) is 5.56 Å². The fraction of sp³-hybridized carbons (Fsp3) is 0.263. The van der Waals surface area contributed by atoms with E-state index in [1.165, 1.54) is 0 Å². The van der Waals surface area contributed by atoms with E-state index in [9.17, 15) is 4.79 Å². The van der Waals surface area contributed by atoms with E-state index in [-0.39, 0.29) is 5.91 Å². The zero-order valence-electron chi connectivity index (χ0n) is 14.2. The fourth-order valence-corrected chi connectivity index (χ4v) is 2.13. The molecule has 0 bridgehead atoms. The molecular formula is C19H22N2O3. The highest BCUT2D eigenvalue weighted by molar-refractivity contribution is 6.01. The molecule has 0 aromatic heterocycles. The number of hydrogen-bond acceptors (Lipinski definition) is 4. The number of ether oxygens (including phenoxy) is 2. The Kier molecular flexibility index (Phi) is 6.37. The molecule has 2 aromatic rings. The number of hydrogen-bond donors (Lipinski definition) is 1. The molecule has 0 atom stereocenters. The highest BCUT2D eigenvalue weighted by Gasteiger charge is 2.09. The van der Waals surface area contributed by atoms with Crippen LogP contribution in [-0.2, 0) is 0 Å². The summed E-state index contributed by atoms with van der Waals surface area (Å²) in [6.07, 6.45) is 0. The van der Waals surface area contributed by atoms with Crippen LogP contribution in [0, 0.1) is 0 Å². The largest absolute Gasteiger partial charge is 0.490 e. The van der Waals surface area contributed by atoms with Crippen molar-refractivity contribution >= 4 is 11.6 Å². The van der Waals surface area contributed by atoms with Gasteiger partial charge in [0.2, 0.25) is 0 Å². The summed E-state index contributed by atoms with van der Waals surface area (Å²) in [5.41, 5.74) is 4.67. The first-order valence-electron chi connectivity index (χ1n) is 7.95. The average Bonchev–Trinajstić information content (AvgIpc) is 2.62. The maximum atomic E-state index is 12.0. The smallest absolute Gasteiger partial charge is 0.271 e. The molecule has 0 fully saturated rings. The maximum Gasteiger partial charge on any atom is 0.271 e. The molecule has 0 heterocycles. The van der Waals surface area contributed by atoms with Crippen molar-refractivity contribution < 1.29 is 14.3 Å². The molecule has 1 amide bonds. The zero-order valence-corrected chi connectivity index (χ0v) is 14.2. The molecule has 0 saturated heterocycles. The summed E-state index contributed by atoms with van der Waals surface area (Å²) in [6.45, 7) is 6.79. The summed E-state index contributed by atoms with van der Waals surface area (Å²) in [7, 11) is 0. The third-order valence-corrected chi connectivity index (χ3v) is 3.32. The van der Waals surface area contributed by atoms with E-state index < -0.39 is 0 Å². The Morgan fingerprint density at radius 3 is 2.29 bits per heavy atom. The maximum absolute atomic E-state index is 12.0. The molecule has 0 aliphatic carbocycles. The molecule has 0 aliphatic heterocycles. The van der Waals surface area contributed by atoms with E-state index in [1.54, 1.807) is 12.1 Å². The molecule has 24 heavy (non-hydrogen) atoms. The summed E-state index contributed by atoms with van der Waals surface area (Å²) in [4.78, 5) is 12.0. The quantitative estimate of drug-likeness (QED) is 0.624. The topological polar surface area (TPSA) is 59.9 Å². The predicted molar refractivity (Wildman–Crippen MR) is 94.9 cm³/mol. The van der Waals surface area contributed by atoms with Crippen molar-refractivity contribution in [2.24, 2.45) is 5.10 Å². The van der Waals surface area contributed by atoms with Crippen molar-refractivity contribution in [2.75, 3.05) is 13.2 Å². The van der Waals surface area contributed by atoms with Crippen LogP contribution >= 0.6 is 0 Å². The molecule has 5 nitrogen and oxygen atoms in total. The second-order valence-electron chi connectivity index (χ2n) is 5.03. The lowest BCUT2D eigenvalue weighted by Gasteiger charge is -2.12. The average molecular weight is 326 g/mol. The Hall–Kier alpha value is -2.82. The number of hydrazone groups is 1. The number of benzene rings is 2. The van der Waals surface area contributed by atoms with Gasteiger partial charge in [0.25, 0.3) is 5.91 Å². The van der Waals surface area contributed by atoms with Gasteiger partial charge in [0.1, 0.15) is 0 Å². The van der Waals surface area contributed by atoms with Crippen molar-refractivity contribution in [3.63, 3.8) is 0 Å². The van der Waals surface area contributed by atoms with Crippen LogP contribution < -0.4 is 14.9 Å². The van der Waals surface area contributed by atoms with E-state index in [4.69, 9.17) is 9.47 Å². The molecule has 126 valence electrons. The molecule has 0 radical (unpaired) electrons. The van der Waals surface area contributed by atoms with Gasteiger partial charge in [-0.15, -0.1) is 0 Å². The molecule has 1 N–H and O–H groups in total. The Bertz CT molecular complexity index is 712. The van der Waals surface area contributed by atoms with E-state index in [0.29, 0.717) is 36.0 Å². The summed E-state index contributed by atoms with van der Waals surface area (Å²) < 4.78 is 11.2. The van der Waals surface area contributed by atoms with Gasteiger partial charge in [-0.2, -0.15) is 5.10 Å². The van der Waals surface area contributed by atoms with Gasteiger partial charge in [0.05, 0.1) is 18.9 Å². The number of carbonyl (C=O) groups is 1. The van der Waals surface area contributed by atoms with Crippen LogP contribution in [0.2, 0.25) is 0 Å². The minimum atomic E-state index is -0.245. The van der Waals surface area contributed by atoms with Gasteiger partial charge in [0, 0.05) is 11.1 Å². The molecule has 5 heteroatoms. The third-order valence-electron chi connectivity index (χ3n) is 3.32. The summed E-state index contributed by atoms with van der Waals surface area (Å²) >= 11 is 0. The van der Waals surface area contributed by atoms with Crippen LogP contribution in [-0.4, -0.2) is 24.8 Å². The van der Waals surface area contributed by atoms with E-state index in [1.807, 2.05) is 57.2 Å². The summed E-state index contributed by atoms with van der Waals surface area (Å²) in [5.74, 6) is 1.12. The molecule has 0 aliphatic rings. The lowest BCUT2D eigenvalue weighted by Crippen LogP contribution is -2.19. The molecule has 2 aromatic carbocycles. The lowest BCUT2D eigenvalue weighted by molar-refractivity contribution is 0.0955. The molecule has 2 rings (SSSR count). The van der Waals surface area contributed by atoms with Crippen LogP contribution in [0.15, 0.2) is 53.6 Å². The van der Waals surface area contributed by atoms with Gasteiger partial charge in [0.15, 0.2) is 11.5 Å². The Morgan fingerprint density at radius 1 is 0.958 bits per heavy atom. The summed E-state index contributed by atoms with van der Waals surface area (Å²) in [5, 5.41) is 4.17. The minimum absolute atomic E-state index is 0.245. The van der Waals surface area contributed by atoms with Crippen LogP contribution in [0.3, 0.4) is 0 Å². The number of nitrogens with zero attached hydrogens (tertiary/aromatic N) is 1. The fourth-order valence-electron chi connectivity index (χ4n) is 2.13. The van der Waals surface area contributed by atoms with Crippen LogP contribution in [0.5, 0.6) is 11.5 Å². The monoisotopic (exact) mass is 326 g/mol. The van der Waals surface area contributed by atoms with Gasteiger partial charge in [-0.25, -0.2) is 5.43 Å². The number of amides is 1. The number of rotatable bonds is 7. The first-order valence-corrected chi connectivity index (χ1v) is 7.95. The van der Waals surface area contributed by atoms with E-state index >= 15 is 0 Å². The molecular weight excluding hydrogens is 304 g/mol. The van der Waals surface area contributed by atoms with Gasteiger partial charge < -0.3 is 9.47 Å². The minimum Gasteiger partial charge on any atom is -0.490 e. The van der Waals surface area contributed by atoms with Crippen LogP contribution in [0.1, 0.15) is 36.7 Å². The second kappa shape index (κ2) is 8.72. The first-order chi connectivity index (χ1) is 11.7. The van der Waals surface area contributed by atoms with E-state index in [2.05, 4.69) is 10.5 Å². The highest BCUT2D eigenvalue weighted by atomic mass is 16.5. The van der Waals surface area contributed by atoms with Crippen molar-refractivity contribution in [1.29, 1.82) is 0 Å². The Balaban J connectivity index is 2.14. The number of carbonyl (C=O) groups excluding carboxylic acids is 1. The highest BCUT2D eigenvalue weighted by Crippen LogP contribution is 2.28.